The number of nitrogens with zero attached hydrogens (tertiary/aromatic N) is 1. The Labute approximate surface area is 112 Å². The van der Waals surface area contributed by atoms with Crippen molar-refractivity contribution in [1.82, 2.24) is 10.2 Å². The van der Waals surface area contributed by atoms with Crippen LogP contribution < -0.4 is 5.32 Å². The van der Waals surface area contributed by atoms with Gasteiger partial charge in [-0.15, -0.1) is 0 Å². The van der Waals surface area contributed by atoms with Gasteiger partial charge in [-0.2, -0.15) is 0 Å². The molecule has 1 saturated heterocycles. The molecule has 1 aliphatic heterocycles. The Kier molecular flexibility index (Phi) is 4.63. The molecule has 0 aromatic heterocycles. The topological polar surface area (TPSA) is 89.9 Å². The molecule has 108 valence electrons. The minimum absolute atomic E-state index is 0.0319. The third-order valence-corrected chi connectivity index (χ3v) is 4.18. The van der Waals surface area contributed by atoms with E-state index in [4.69, 9.17) is 10.2 Å². The van der Waals surface area contributed by atoms with Crippen LogP contribution in [-0.2, 0) is 4.79 Å². The molecule has 1 heterocycles. The van der Waals surface area contributed by atoms with E-state index in [2.05, 4.69) is 5.32 Å². The van der Waals surface area contributed by atoms with Crippen LogP contribution in [0, 0.1) is 11.8 Å². The van der Waals surface area contributed by atoms with Gasteiger partial charge in [0.2, 0.25) is 0 Å². The van der Waals surface area contributed by atoms with Crippen LogP contribution in [0.25, 0.3) is 0 Å². The van der Waals surface area contributed by atoms with Crippen molar-refractivity contribution in [2.24, 2.45) is 11.8 Å². The third kappa shape index (κ3) is 3.59. The lowest BCUT2D eigenvalue weighted by atomic mass is 9.86. The molecular formula is C13H22N2O4. The summed E-state index contributed by atoms with van der Waals surface area (Å²) >= 11 is 0. The highest BCUT2D eigenvalue weighted by Gasteiger charge is 2.31. The number of aliphatic hydroxyl groups excluding tert-OH is 1. The number of aliphatic hydroxyl groups is 1. The summed E-state index contributed by atoms with van der Waals surface area (Å²) in [5, 5.41) is 21.0. The van der Waals surface area contributed by atoms with Gasteiger partial charge in [-0.25, -0.2) is 4.79 Å². The summed E-state index contributed by atoms with van der Waals surface area (Å²) in [6, 6.07) is -0.150. The smallest absolute Gasteiger partial charge is 0.317 e. The van der Waals surface area contributed by atoms with Crippen LogP contribution in [0.2, 0.25) is 0 Å². The number of amides is 2. The molecule has 0 bridgehead atoms. The van der Waals surface area contributed by atoms with Gasteiger partial charge in [0.05, 0.1) is 5.92 Å². The molecule has 0 radical (unpaired) electrons. The van der Waals surface area contributed by atoms with Gasteiger partial charge in [-0.05, 0) is 25.7 Å². The van der Waals surface area contributed by atoms with Gasteiger partial charge < -0.3 is 20.4 Å². The molecule has 3 unspecified atom stereocenters. The molecule has 0 aromatic rings. The molecule has 0 aromatic carbocycles. The van der Waals surface area contributed by atoms with Gasteiger partial charge in [0.1, 0.15) is 0 Å². The molecule has 3 N–H and O–H groups in total. The van der Waals surface area contributed by atoms with Gasteiger partial charge in [0.25, 0.3) is 0 Å². The Bertz CT molecular complexity index is 348. The van der Waals surface area contributed by atoms with Crippen LogP contribution in [-0.4, -0.2) is 52.9 Å². The maximum atomic E-state index is 12.0. The highest BCUT2D eigenvalue weighted by molar-refractivity contribution is 5.75. The van der Waals surface area contributed by atoms with E-state index in [-0.39, 0.29) is 30.5 Å². The molecule has 19 heavy (non-hydrogen) atoms. The zero-order valence-corrected chi connectivity index (χ0v) is 11.0. The Morgan fingerprint density at radius 1 is 1.26 bits per heavy atom. The summed E-state index contributed by atoms with van der Waals surface area (Å²) in [4.78, 5) is 24.7. The summed E-state index contributed by atoms with van der Waals surface area (Å²) in [6.45, 7) is 1.39. The lowest BCUT2D eigenvalue weighted by Crippen LogP contribution is -2.46. The summed E-state index contributed by atoms with van der Waals surface area (Å²) < 4.78 is 0. The zero-order valence-electron chi connectivity index (χ0n) is 11.0. The van der Waals surface area contributed by atoms with Crippen LogP contribution in [0.3, 0.4) is 0 Å². The fourth-order valence-electron chi connectivity index (χ4n) is 2.98. The van der Waals surface area contributed by atoms with E-state index in [0.29, 0.717) is 25.9 Å². The third-order valence-electron chi connectivity index (χ3n) is 4.18. The fraction of sp³-hybridized carbons (Fsp3) is 0.846. The maximum Gasteiger partial charge on any atom is 0.317 e. The Balaban J connectivity index is 1.80. The van der Waals surface area contributed by atoms with Crippen molar-refractivity contribution in [3.05, 3.63) is 0 Å². The number of carboxylic acid groups (broad SMARTS) is 1. The van der Waals surface area contributed by atoms with E-state index in [9.17, 15) is 9.59 Å². The van der Waals surface area contributed by atoms with Crippen LogP contribution in [0.15, 0.2) is 0 Å². The highest BCUT2D eigenvalue weighted by atomic mass is 16.4. The van der Waals surface area contributed by atoms with Crippen LogP contribution in [0.4, 0.5) is 4.79 Å². The minimum atomic E-state index is -0.763. The first-order valence-electron chi connectivity index (χ1n) is 6.99. The molecule has 2 fully saturated rings. The second-order valence-corrected chi connectivity index (χ2v) is 5.63. The van der Waals surface area contributed by atoms with Crippen molar-refractivity contribution in [3.63, 3.8) is 0 Å². The lowest BCUT2D eigenvalue weighted by Gasteiger charge is -2.29. The molecule has 0 spiro atoms. The minimum Gasteiger partial charge on any atom is -0.481 e. The van der Waals surface area contributed by atoms with E-state index in [0.717, 1.165) is 19.3 Å². The van der Waals surface area contributed by atoms with Gasteiger partial charge in [-0.3, -0.25) is 4.79 Å². The molecule has 2 rings (SSSR count). The van der Waals surface area contributed by atoms with E-state index < -0.39 is 5.97 Å². The SMILES string of the molecule is O=C(O)C1CCCC(NC(=O)N2CCC(CO)C2)C1. The first-order valence-corrected chi connectivity index (χ1v) is 6.99. The standard InChI is InChI=1S/C13H22N2O4/c16-8-9-4-5-15(7-9)13(19)14-11-3-1-2-10(6-11)12(17)18/h9-11,16H,1-8H2,(H,14,19)(H,17,18). The molecule has 3 atom stereocenters. The van der Waals surface area contributed by atoms with Crippen LogP contribution in [0.1, 0.15) is 32.1 Å². The largest absolute Gasteiger partial charge is 0.481 e. The molecule has 1 aliphatic carbocycles. The quantitative estimate of drug-likeness (QED) is 0.702. The number of aliphatic carboxylic acids is 1. The fourth-order valence-corrected chi connectivity index (χ4v) is 2.98. The van der Waals surface area contributed by atoms with E-state index in [1.165, 1.54) is 0 Å². The number of urea groups is 1. The molecule has 2 aliphatic rings. The molecule has 2 amide bonds. The molecule has 6 heteroatoms. The first kappa shape index (κ1) is 14.1. The Morgan fingerprint density at radius 3 is 2.68 bits per heavy atom. The molecule has 6 nitrogen and oxygen atoms in total. The number of hydrogen-bond acceptors (Lipinski definition) is 3. The number of likely N-dealkylation sites (tertiary alicyclic amines) is 1. The van der Waals surface area contributed by atoms with E-state index >= 15 is 0 Å². The maximum absolute atomic E-state index is 12.0. The summed E-state index contributed by atoms with van der Waals surface area (Å²) in [5.41, 5.74) is 0. The first-order chi connectivity index (χ1) is 9.10. The van der Waals surface area contributed by atoms with Crippen molar-refractivity contribution in [2.75, 3.05) is 19.7 Å². The summed E-state index contributed by atoms with van der Waals surface area (Å²) in [5.74, 6) is -0.910. The van der Waals surface area contributed by atoms with Crippen molar-refractivity contribution >= 4 is 12.0 Å². The summed E-state index contributed by atoms with van der Waals surface area (Å²) in [7, 11) is 0. The normalized spacial score (nSPS) is 31.2. The molecular weight excluding hydrogens is 248 g/mol. The van der Waals surface area contributed by atoms with Crippen molar-refractivity contribution in [3.8, 4) is 0 Å². The Hall–Kier alpha value is -1.30. The van der Waals surface area contributed by atoms with E-state index in [1.54, 1.807) is 4.90 Å². The number of nitrogens with one attached hydrogen (secondary N) is 1. The van der Waals surface area contributed by atoms with Gasteiger partial charge >= 0.3 is 12.0 Å². The predicted octanol–water partition coefficient (Wildman–Crippen LogP) is 0.654. The van der Waals surface area contributed by atoms with Crippen molar-refractivity contribution in [2.45, 2.75) is 38.1 Å². The van der Waals surface area contributed by atoms with Gasteiger partial charge in [0.15, 0.2) is 0 Å². The average Bonchev–Trinajstić information content (AvgIpc) is 2.88. The number of carboxylic acids is 1. The second kappa shape index (κ2) is 6.23. The number of carbonyl (C=O) groups is 2. The molecule has 1 saturated carbocycles. The average molecular weight is 270 g/mol. The zero-order chi connectivity index (χ0) is 13.8. The predicted molar refractivity (Wildman–Crippen MR) is 68.7 cm³/mol. The highest BCUT2D eigenvalue weighted by Crippen LogP contribution is 2.25. The number of rotatable bonds is 3. The van der Waals surface area contributed by atoms with Crippen molar-refractivity contribution < 1.29 is 19.8 Å². The van der Waals surface area contributed by atoms with Crippen LogP contribution in [0.5, 0.6) is 0 Å². The van der Waals surface area contributed by atoms with E-state index in [1.807, 2.05) is 0 Å². The lowest BCUT2D eigenvalue weighted by molar-refractivity contribution is -0.143. The van der Waals surface area contributed by atoms with Crippen molar-refractivity contribution in [1.29, 1.82) is 0 Å². The number of hydrogen-bond donors (Lipinski definition) is 3. The van der Waals surface area contributed by atoms with Gasteiger partial charge in [0, 0.05) is 31.7 Å². The van der Waals surface area contributed by atoms with Gasteiger partial charge in [-0.1, -0.05) is 6.42 Å². The second-order valence-electron chi connectivity index (χ2n) is 5.63. The summed E-state index contributed by atoms with van der Waals surface area (Å²) in [6.07, 6.45) is 3.77. The monoisotopic (exact) mass is 270 g/mol. The Morgan fingerprint density at radius 2 is 2.05 bits per heavy atom. The van der Waals surface area contributed by atoms with Crippen LogP contribution >= 0.6 is 0 Å². The number of carbonyl (C=O) groups excluding carboxylic acids is 1.